The van der Waals surface area contributed by atoms with E-state index in [4.69, 9.17) is 28.4 Å². The zero-order valence-corrected chi connectivity index (χ0v) is 23.9. The van der Waals surface area contributed by atoms with E-state index in [-0.39, 0.29) is 32.5 Å². The third-order valence-electron chi connectivity index (χ3n) is 6.58. The van der Waals surface area contributed by atoms with Gasteiger partial charge in [-0.25, -0.2) is 9.59 Å². The van der Waals surface area contributed by atoms with E-state index in [9.17, 15) is 14.4 Å². The molecule has 3 aliphatic rings. The van der Waals surface area contributed by atoms with Gasteiger partial charge in [0.05, 0.1) is 36.8 Å². The first-order chi connectivity index (χ1) is 19.8. The molecule has 3 heterocycles. The summed E-state index contributed by atoms with van der Waals surface area (Å²) in [6, 6.07) is 9.76. The summed E-state index contributed by atoms with van der Waals surface area (Å²) in [7, 11) is 1.47. The molecular formula is C29H30N2O9S. The van der Waals surface area contributed by atoms with Crippen LogP contribution in [0.4, 0.5) is 0 Å². The molecule has 12 heteroatoms. The van der Waals surface area contributed by atoms with Crippen LogP contribution in [0.1, 0.15) is 37.9 Å². The lowest BCUT2D eigenvalue weighted by Gasteiger charge is -2.39. The third kappa shape index (κ3) is 5.64. The molecule has 1 saturated heterocycles. The maximum absolute atomic E-state index is 13.9. The molecule has 0 unspecified atom stereocenters. The summed E-state index contributed by atoms with van der Waals surface area (Å²) >= 11 is 1.35. The molecule has 1 N–H and O–H groups in total. The highest BCUT2D eigenvalue weighted by Crippen LogP contribution is 2.48. The summed E-state index contributed by atoms with van der Waals surface area (Å²) in [6.45, 7) is 5.50. The highest BCUT2D eigenvalue weighted by Gasteiger charge is 2.48. The first-order valence-electron chi connectivity index (χ1n) is 13.1. The van der Waals surface area contributed by atoms with E-state index >= 15 is 0 Å². The Labute approximate surface area is 241 Å². The van der Waals surface area contributed by atoms with Crippen LogP contribution in [0.5, 0.6) is 23.0 Å². The highest BCUT2D eigenvalue weighted by molar-refractivity contribution is 8.05. The second-order valence-corrected chi connectivity index (χ2v) is 10.2. The number of esters is 2. The molecule has 0 spiro atoms. The molecule has 11 nitrogen and oxygen atoms in total. The largest absolute Gasteiger partial charge is 0.493 e. The molecule has 216 valence electrons. The van der Waals surface area contributed by atoms with Crippen molar-refractivity contribution >= 4 is 35.7 Å². The van der Waals surface area contributed by atoms with Gasteiger partial charge in [0, 0.05) is 5.70 Å². The lowest BCUT2D eigenvalue weighted by Crippen LogP contribution is -2.50. The van der Waals surface area contributed by atoms with Crippen molar-refractivity contribution in [1.29, 1.82) is 0 Å². The number of fused-ring (bicyclic) bond motifs is 2. The van der Waals surface area contributed by atoms with Crippen molar-refractivity contribution in [3.63, 3.8) is 0 Å². The van der Waals surface area contributed by atoms with Crippen molar-refractivity contribution in [3.05, 3.63) is 63.7 Å². The van der Waals surface area contributed by atoms with Crippen LogP contribution in [0.3, 0.4) is 0 Å². The number of hydrogen-bond acceptors (Lipinski definition) is 11. The molecule has 2 aromatic rings. The Balaban J connectivity index is 1.51. The van der Waals surface area contributed by atoms with Gasteiger partial charge in [0.1, 0.15) is 0 Å². The van der Waals surface area contributed by atoms with Gasteiger partial charge in [-0.3, -0.25) is 9.69 Å². The Morgan fingerprint density at radius 3 is 2.61 bits per heavy atom. The average Bonchev–Trinajstić information content (AvgIpc) is 3.55. The standard InChI is InChI=1S/C29H30N2O9S/c1-5-36-24(32)14-38-19-10-8-18(13-21(19)35-4)26-25(28(34)37-6-2)16(3)30-29-31(26)27(33)23(41-29)12-17-7-9-20-22(11-17)40-15-39-20/h7-13,26,29-30H,5-6,14-15H2,1-4H3/b23-12-/t26-,29-/m0/s1. The number of hydrogen-bond donors (Lipinski definition) is 1. The van der Waals surface area contributed by atoms with Gasteiger partial charge in [-0.1, -0.05) is 23.9 Å². The van der Waals surface area contributed by atoms with Crippen LogP contribution >= 0.6 is 11.8 Å². The molecule has 41 heavy (non-hydrogen) atoms. The third-order valence-corrected chi connectivity index (χ3v) is 7.69. The maximum atomic E-state index is 13.9. The van der Waals surface area contributed by atoms with Crippen molar-refractivity contribution in [2.75, 3.05) is 33.7 Å². The average molecular weight is 583 g/mol. The topological polar surface area (TPSA) is 122 Å². The molecule has 0 saturated carbocycles. The Hall–Kier alpha value is -4.32. The number of methoxy groups -OCH3 is 1. The number of allylic oxidation sites excluding steroid dienone is 1. The molecule has 0 bridgehead atoms. The molecule has 1 fully saturated rings. The lowest BCUT2D eigenvalue weighted by molar-refractivity contribution is -0.145. The van der Waals surface area contributed by atoms with Gasteiger partial charge in [0.25, 0.3) is 5.91 Å². The van der Waals surface area contributed by atoms with E-state index in [1.54, 1.807) is 56.0 Å². The molecule has 1 amide bonds. The fourth-order valence-corrected chi connectivity index (χ4v) is 6.00. The first-order valence-corrected chi connectivity index (χ1v) is 13.9. The summed E-state index contributed by atoms with van der Waals surface area (Å²) in [6.07, 6.45) is 1.79. The Morgan fingerprint density at radius 2 is 1.85 bits per heavy atom. The second-order valence-electron chi connectivity index (χ2n) is 9.11. The Bertz CT molecular complexity index is 1440. The number of rotatable bonds is 9. The summed E-state index contributed by atoms with van der Waals surface area (Å²) in [5, 5.41) is 3.29. The molecule has 3 aliphatic heterocycles. The molecule has 0 aromatic heterocycles. The molecule has 2 atom stereocenters. The SMILES string of the molecule is CCOC(=O)COc1ccc([C@H]2C(C(=O)OCC)=C(C)N[C@@H]3S/C(=C\c4ccc5c(c4)OCO5)C(=O)N32)cc1OC. The minimum atomic E-state index is -0.782. The van der Waals surface area contributed by atoms with Crippen LogP contribution in [0, 0.1) is 0 Å². The summed E-state index contributed by atoms with van der Waals surface area (Å²) < 4.78 is 32.4. The number of ether oxygens (including phenoxy) is 6. The van der Waals surface area contributed by atoms with Gasteiger partial charge >= 0.3 is 11.9 Å². The van der Waals surface area contributed by atoms with E-state index in [2.05, 4.69) is 5.32 Å². The van der Waals surface area contributed by atoms with Crippen LogP contribution < -0.4 is 24.3 Å². The number of benzene rings is 2. The fraction of sp³-hybridized carbons (Fsp3) is 0.345. The zero-order chi connectivity index (χ0) is 29.1. The van der Waals surface area contributed by atoms with Crippen molar-refractivity contribution in [1.82, 2.24) is 10.2 Å². The van der Waals surface area contributed by atoms with Gasteiger partial charge < -0.3 is 33.7 Å². The quantitative estimate of drug-likeness (QED) is 0.344. The molecule has 0 radical (unpaired) electrons. The normalized spacial score (nSPS) is 20.0. The van der Waals surface area contributed by atoms with E-state index in [1.807, 2.05) is 12.1 Å². The molecule has 0 aliphatic carbocycles. The minimum absolute atomic E-state index is 0.155. The minimum Gasteiger partial charge on any atom is -0.493 e. The van der Waals surface area contributed by atoms with E-state index in [0.717, 1.165) is 5.56 Å². The Kier molecular flexibility index (Phi) is 8.29. The highest BCUT2D eigenvalue weighted by atomic mass is 32.2. The van der Waals surface area contributed by atoms with E-state index < -0.39 is 23.5 Å². The monoisotopic (exact) mass is 582 g/mol. The van der Waals surface area contributed by atoms with Gasteiger partial charge in [-0.15, -0.1) is 0 Å². The van der Waals surface area contributed by atoms with Gasteiger partial charge in [0.15, 0.2) is 35.1 Å². The van der Waals surface area contributed by atoms with Crippen molar-refractivity contribution in [2.45, 2.75) is 32.3 Å². The first kappa shape index (κ1) is 28.2. The summed E-state index contributed by atoms with van der Waals surface area (Å²) in [5.74, 6) is 0.614. The van der Waals surface area contributed by atoms with Crippen LogP contribution in [0.15, 0.2) is 52.6 Å². The van der Waals surface area contributed by atoms with Gasteiger partial charge in [-0.05, 0) is 62.2 Å². The molecular weight excluding hydrogens is 552 g/mol. The van der Waals surface area contributed by atoms with E-state index in [1.165, 1.54) is 18.9 Å². The zero-order valence-electron chi connectivity index (χ0n) is 23.1. The predicted octanol–water partition coefficient (Wildman–Crippen LogP) is 3.75. The lowest BCUT2D eigenvalue weighted by atomic mass is 9.93. The van der Waals surface area contributed by atoms with Crippen LogP contribution in [0.2, 0.25) is 0 Å². The van der Waals surface area contributed by atoms with Crippen LogP contribution in [-0.2, 0) is 23.9 Å². The predicted molar refractivity (Wildman–Crippen MR) is 149 cm³/mol. The van der Waals surface area contributed by atoms with Crippen molar-refractivity contribution < 1.29 is 42.8 Å². The van der Waals surface area contributed by atoms with Gasteiger partial charge in [-0.2, -0.15) is 0 Å². The smallest absolute Gasteiger partial charge is 0.344 e. The van der Waals surface area contributed by atoms with Gasteiger partial charge in [0.2, 0.25) is 6.79 Å². The molecule has 2 aromatic carbocycles. The van der Waals surface area contributed by atoms with Crippen molar-refractivity contribution in [2.24, 2.45) is 0 Å². The summed E-state index contributed by atoms with van der Waals surface area (Å²) in [5.41, 5.74) is 1.82. The number of nitrogens with one attached hydrogen (secondary N) is 1. The number of nitrogens with zero attached hydrogens (tertiary/aromatic N) is 1. The van der Waals surface area contributed by atoms with Crippen LogP contribution in [0.25, 0.3) is 6.08 Å². The number of carbonyl (C=O) groups excluding carboxylic acids is 3. The number of carbonyl (C=O) groups is 3. The fourth-order valence-electron chi connectivity index (χ4n) is 4.78. The Morgan fingerprint density at radius 1 is 1.07 bits per heavy atom. The van der Waals surface area contributed by atoms with Crippen LogP contribution in [-0.4, -0.2) is 62.0 Å². The number of thioether (sulfide) groups is 1. The number of amides is 1. The maximum Gasteiger partial charge on any atom is 0.344 e. The van der Waals surface area contributed by atoms with Crippen molar-refractivity contribution in [3.8, 4) is 23.0 Å². The summed E-state index contributed by atoms with van der Waals surface area (Å²) in [4.78, 5) is 41.0. The molecule has 5 rings (SSSR count). The van der Waals surface area contributed by atoms with E-state index in [0.29, 0.717) is 44.7 Å². The second kappa shape index (κ2) is 12.0.